The van der Waals surface area contributed by atoms with Crippen LogP contribution in [0.25, 0.3) is 10.6 Å². The maximum absolute atomic E-state index is 11.1. The minimum absolute atomic E-state index is 0.0644. The SMILES string of the molecule is CC(=O)c1nnc(-c2cncc(N(C)C)c2)s1. The lowest BCUT2D eigenvalue weighted by atomic mass is 10.2. The molecule has 0 N–H and O–H groups in total. The molecule has 0 aliphatic rings. The van der Waals surface area contributed by atoms with E-state index in [2.05, 4.69) is 15.2 Å². The molecule has 0 spiro atoms. The standard InChI is InChI=1S/C11H12N4OS/c1-7(16)10-13-14-11(17-10)8-4-9(15(2)3)6-12-5-8/h4-6H,1-3H3. The summed E-state index contributed by atoms with van der Waals surface area (Å²) in [4.78, 5) is 17.3. The molecule has 0 aliphatic heterocycles. The van der Waals surface area contributed by atoms with Crippen LogP contribution in [0, 0.1) is 0 Å². The number of aromatic nitrogens is 3. The summed E-state index contributed by atoms with van der Waals surface area (Å²) in [5.41, 5.74) is 1.86. The summed E-state index contributed by atoms with van der Waals surface area (Å²) in [5.74, 6) is -0.0644. The van der Waals surface area contributed by atoms with Crippen molar-refractivity contribution < 1.29 is 4.79 Å². The molecule has 0 radical (unpaired) electrons. The van der Waals surface area contributed by atoms with Crippen LogP contribution in [-0.4, -0.2) is 35.1 Å². The number of rotatable bonds is 3. The second kappa shape index (κ2) is 4.58. The smallest absolute Gasteiger partial charge is 0.190 e. The molecule has 0 atom stereocenters. The molecule has 2 aromatic heterocycles. The Morgan fingerprint density at radius 2 is 2.06 bits per heavy atom. The summed E-state index contributed by atoms with van der Waals surface area (Å²) < 4.78 is 0. The molecule has 0 unspecified atom stereocenters. The Bertz CT molecular complexity index is 550. The number of ketones is 1. The highest BCUT2D eigenvalue weighted by atomic mass is 32.1. The minimum atomic E-state index is -0.0644. The molecule has 2 aromatic rings. The summed E-state index contributed by atoms with van der Waals surface area (Å²) in [6.45, 7) is 1.48. The van der Waals surface area contributed by atoms with Gasteiger partial charge in [-0.05, 0) is 6.07 Å². The Morgan fingerprint density at radius 3 is 2.65 bits per heavy atom. The number of nitrogens with zero attached hydrogens (tertiary/aromatic N) is 4. The van der Waals surface area contributed by atoms with E-state index in [9.17, 15) is 4.79 Å². The first kappa shape index (κ1) is 11.7. The van der Waals surface area contributed by atoms with Crippen LogP contribution < -0.4 is 4.90 Å². The van der Waals surface area contributed by atoms with Crippen molar-refractivity contribution >= 4 is 22.8 Å². The predicted octanol–water partition coefficient (Wildman–Crippen LogP) is 1.87. The zero-order valence-electron chi connectivity index (χ0n) is 9.84. The van der Waals surface area contributed by atoms with Gasteiger partial charge in [0.25, 0.3) is 0 Å². The fourth-order valence-electron chi connectivity index (χ4n) is 1.27. The van der Waals surface area contributed by atoms with Gasteiger partial charge >= 0.3 is 0 Å². The van der Waals surface area contributed by atoms with Crippen molar-refractivity contribution in [3.8, 4) is 10.6 Å². The van der Waals surface area contributed by atoms with E-state index in [1.807, 2.05) is 25.1 Å². The predicted molar refractivity (Wildman–Crippen MR) is 67.5 cm³/mol. The van der Waals surface area contributed by atoms with E-state index in [1.165, 1.54) is 18.3 Å². The number of pyridine rings is 1. The molecule has 0 aromatic carbocycles. The topological polar surface area (TPSA) is 59.0 Å². The molecule has 2 heterocycles. The molecule has 0 amide bonds. The normalized spacial score (nSPS) is 10.3. The second-order valence-electron chi connectivity index (χ2n) is 3.79. The van der Waals surface area contributed by atoms with E-state index in [1.54, 1.807) is 12.4 Å². The van der Waals surface area contributed by atoms with Gasteiger partial charge in [-0.1, -0.05) is 11.3 Å². The van der Waals surface area contributed by atoms with Crippen molar-refractivity contribution in [2.75, 3.05) is 19.0 Å². The first-order valence-corrected chi connectivity index (χ1v) is 5.87. The van der Waals surface area contributed by atoms with Gasteiger partial charge in [0.1, 0.15) is 5.01 Å². The van der Waals surface area contributed by atoms with Crippen molar-refractivity contribution in [3.05, 3.63) is 23.5 Å². The third-order valence-electron chi connectivity index (χ3n) is 2.21. The van der Waals surface area contributed by atoms with Crippen LogP contribution in [0.2, 0.25) is 0 Å². The third kappa shape index (κ3) is 2.47. The van der Waals surface area contributed by atoms with Gasteiger partial charge in [-0.25, -0.2) is 0 Å². The van der Waals surface area contributed by atoms with Gasteiger partial charge < -0.3 is 4.90 Å². The summed E-state index contributed by atoms with van der Waals surface area (Å²) in [6.07, 6.45) is 3.49. The molecule has 0 aliphatic carbocycles. The molecule has 17 heavy (non-hydrogen) atoms. The Balaban J connectivity index is 2.38. The quantitative estimate of drug-likeness (QED) is 0.776. The summed E-state index contributed by atoms with van der Waals surface area (Å²) in [6, 6.07) is 1.97. The van der Waals surface area contributed by atoms with E-state index in [0.717, 1.165) is 11.3 Å². The second-order valence-corrected chi connectivity index (χ2v) is 4.77. The van der Waals surface area contributed by atoms with Crippen LogP contribution in [0.1, 0.15) is 16.7 Å². The van der Waals surface area contributed by atoms with Crippen LogP contribution in [0.15, 0.2) is 18.5 Å². The number of hydrogen-bond acceptors (Lipinski definition) is 6. The third-order valence-corrected chi connectivity index (χ3v) is 3.29. The van der Waals surface area contributed by atoms with Gasteiger partial charge in [-0.15, -0.1) is 10.2 Å². The van der Waals surface area contributed by atoms with Crippen molar-refractivity contribution in [2.45, 2.75) is 6.92 Å². The lowest BCUT2D eigenvalue weighted by Crippen LogP contribution is -2.08. The van der Waals surface area contributed by atoms with E-state index in [-0.39, 0.29) is 5.78 Å². The fourth-order valence-corrected chi connectivity index (χ4v) is 1.99. The summed E-state index contributed by atoms with van der Waals surface area (Å²) in [7, 11) is 3.89. The summed E-state index contributed by atoms with van der Waals surface area (Å²) >= 11 is 1.28. The van der Waals surface area contributed by atoms with E-state index in [0.29, 0.717) is 10.0 Å². The number of anilines is 1. The molecule has 0 saturated carbocycles. The van der Waals surface area contributed by atoms with Gasteiger partial charge in [0.2, 0.25) is 0 Å². The molecule has 0 saturated heterocycles. The molecule has 88 valence electrons. The monoisotopic (exact) mass is 248 g/mol. The molecule has 0 fully saturated rings. The lowest BCUT2D eigenvalue weighted by Gasteiger charge is -2.11. The molecular formula is C11H12N4OS. The van der Waals surface area contributed by atoms with Crippen molar-refractivity contribution in [3.63, 3.8) is 0 Å². The number of Topliss-reactive ketones (excluding diaryl/α,β-unsaturated/α-hetero) is 1. The molecule has 2 rings (SSSR count). The van der Waals surface area contributed by atoms with Crippen molar-refractivity contribution in [1.82, 2.24) is 15.2 Å². The van der Waals surface area contributed by atoms with Gasteiger partial charge in [0, 0.05) is 32.8 Å². The Morgan fingerprint density at radius 1 is 1.29 bits per heavy atom. The fraction of sp³-hybridized carbons (Fsp3) is 0.273. The average molecular weight is 248 g/mol. The van der Waals surface area contributed by atoms with Crippen molar-refractivity contribution in [2.24, 2.45) is 0 Å². The maximum Gasteiger partial charge on any atom is 0.190 e. The van der Waals surface area contributed by atoms with E-state index in [4.69, 9.17) is 0 Å². The van der Waals surface area contributed by atoms with Crippen LogP contribution in [0.5, 0.6) is 0 Å². The van der Waals surface area contributed by atoms with Crippen molar-refractivity contribution in [1.29, 1.82) is 0 Å². The first-order valence-electron chi connectivity index (χ1n) is 5.05. The van der Waals surface area contributed by atoms with Gasteiger partial charge in [-0.2, -0.15) is 0 Å². The van der Waals surface area contributed by atoms with Gasteiger partial charge in [0.05, 0.1) is 11.9 Å². The lowest BCUT2D eigenvalue weighted by molar-refractivity contribution is 0.101. The molecule has 6 heteroatoms. The Hall–Kier alpha value is -1.82. The molecule has 0 bridgehead atoms. The van der Waals surface area contributed by atoms with Crippen LogP contribution >= 0.6 is 11.3 Å². The maximum atomic E-state index is 11.1. The largest absolute Gasteiger partial charge is 0.376 e. The average Bonchev–Trinajstić information content (AvgIpc) is 2.78. The molecular weight excluding hydrogens is 236 g/mol. The highest BCUT2D eigenvalue weighted by Crippen LogP contribution is 2.25. The Labute approximate surface area is 103 Å². The minimum Gasteiger partial charge on any atom is -0.376 e. The van der Waals surface area contributed by atoms with Crippen LogP contribution in [0.3, 0.4) is 0 Å². The number of carbonyl (C=O) groups excluding carboxylic acids is 1. The van der Waals surface area contributed by atoms with E-state index >= 15 is 0 Å². The van der Waals surface area contributed by atoms with Crippen LogP contribution in [-0.2, 0) is 0 Å². The van der Waals surface area contributed by atoms with Gasteiger partial charge in [-0.3, -0.25) is 9.78 Å². The number of carbonyl (C=O) groups is 1. The zero-order chi connectivity index (χ0) is 12.4. The van der Waals surface area contributed by atoms with E-state index < -0.39 is 0 Å². The summed E-state index contributed by atoms with van der Waals surface area (Å²) in [5, 5.41) is 8.98. The first-order chi connectivity index (χ1) is 8.08. The highest BCUT2D eigenvalue weighted by molar-refractivity contribution is 7.16. The molecule has 5 nitrogen and oxygen atoms in total. The number of hydrogen-bond donors (Lipinski definition) is 0. The van der Waals surface area contributed by atoms with Gasteiger partial charge in [0.15, 0.2) is 10.8 Å². The Kier molecular flexibility index (Phi) is 3.14. The van der Waals surface area contributed by atoms with Crippen LogP contribution in [0.4, 0.5) is 5.69 Å². The zero-order valence-corrected chi connectivity index (χ0v) is 10.7. The highest BCUT2D eigenvalue weighted by Gasteiger charge is 2.10.